The molecule has 1 fully saturated rings. The number of benzene rings is 2. The first kappa shape index (κ1) is 14.1. The number of carboxylic acids is 1. The molecule has 112 valence electrons. The van der Waals surface area contributed by atoms with Gasteiger partial charge in [-0.05, 0) is 29.3 Å². The normalized spacial score (nSPS) is 21.2. The van der Waals surface area contributed by atoms with E-state index in [1.807, 2.05) is 36.4 Å². The Hall–Kier alpha value is -2.89. The Labute approximate surface area is 126 Å². The fraction of sp³-hybridized carbons (Fsp3) is 0.188. The Kier molecular flexibility index (Phi) is 3.09. The average Bonchev–Trinajstić information content (AvgIpc) is 2.71. The number of rotatable bonds is 3. The molecule has 3 rings (SSSR count). The monoisotopic (exact) mass is 297 g/mol. The Morgan fingerprint density at radius 1 is 1.18 bits per heavy atom. The summed E-state index contributed by atoms with van der Waals surface area (Å²) in [5.41, 5.74) is -0.679. The topological polar surface area (TPSA) is 89.5 Å². The molecule has 0 aromatic heterocycles. The van der Waals surface area contributed by atoms with Gasteiger partial charge in [-0.3, -0.25) is 9.69 Å². The summed E-state index contributed by atoms with van der Waals surface area (Å²) in [5, 5.41) is 15.2. The lowest BCUT2D eigenvalue weighted by Gasteiger charge is -2.22. The number of aliphatic carboxylic acids is 1. The van der Waals surface area contributed by atoms with Gasteiger partial charge in [0, 0.05) is 0 Å². The number of carbonyl (C=O) groups excluding carboxylic acids is 3. The first-order valence-corrected chi connectivity index (χ1v) is 6.75. The summed E-state index contributed by atoms with van der Waals surface area (Å²) in [5.74, 6) is -2.08. The Balaban J connectivity index is 2.03. The van der Waals surface area contributed by atoms with E-state index in [9.17, 15) is 19.5 Å². The third-order valence-electron chi connectivity index (χ3n) is 3.89. The van der Waals surface area contributed by atoms with Gasteiger partial charge in [0.05, 0.1) is 12.5 Å². The summed E-state index contributed by atoms with van der Waals surface area (Å²) in [6.07, 6.45) is 0. The zero-order chi connectivity index (χ0) is 15.9. The van der Waals surface area contributed by atoms with Crippen LogP contribution in [0.5, 0.6) is 0 Å². The molecule has 0 bridgehead atoms. The number of hydrogen-bond acceptors (Lipinski definition) is 4. The molecule has 1 N–H and O–H groups in total. The fourth-order valence-electron chi connectivity index (χ4n) is 2.67. The van der Waals surface area contributed by atoms with Crippen molar-refractivity contribution in [1.82, 2.24) is 10.2 Å². The molecule has 1 aliphatic heterocycles. The van der Waals surface area contributed by atoms with Gasteiger partial charge in [-0.2, -0.15) is 0 Å². The molecular weight excluding hydrogens is 284 g/mol. The van der Waals surface area contributed by atoms with Crippen LogP contribution in [0, 0.1) is 0 Å². The highest BCUT2D eigenvalue weighted by atomic mass is 16.4. The van der Waals surface area contributed by atoms with E-state index in [1.54, 1.807) is 13.0 Å². The quantitative estimate of drug-likeness (QED) is 0.828. The summed E-state index contributed by atoms with van der Waals surface area (Å²) < 4.78 is 0. The molecule has 2 aromatic rings. The van der Waals surface area contributed by atoms with Crippen LogP contribution >= 0.6 is 0 Å². The van der Waals surface area contributed by atoms with Crippen molar-refractivity contribution < 1.29 is 19.5 Å². The molecule has 1 atom stereocenters. The Morgan fingerprint density at radius 3 is 2.55 bits per heavy atom. The van der Waals surface area contributed by atoms with Crippen molar-refractivity contribution in [1.29, 1.82) is 0 Å². The van der Waals surface area contributed by atoms with Crippen LogP contribution in [0.25, 0.3) is 10.8 Å². The highest BCUT2D eigenvalue weighted by molar-refractivity contribution is 6.09. The van der Waals surface area contributed by atoms with Gasteiger partial charge in [0.1, 0.15) is 5.54 Å². The summed E-state index contributed by atoms with van der Waals surface area (Å²) in [7, 11) is 0. The number of nitrogens with zero attached hydrogens (tertiary/aromatic N) is 1. The lowest BCUT2D eigenvalue weighted by Crippen LogP contribution is -2.43. The molecule has 6 heteroatoms. The van der Waals surface area contributed by atoms with Crippen LogP contribution in [-0.4, -0.2) is 29.4 Å². The van der Waals surface area contributed by atoms with E-state index < -0.39 is 30.0 Å². The molecule has 3 amide bonds. The predicted octanol–water partition coefficient (Wildman–Crippen LogP) is 0.357. The lowest BCUT2D eigenvalue weighted by atomic mass is 9.90. The number of amides is 3. The largest absolute Gasteiger partial charge is 0.548 e. The zero-order valence-corrected chi connectivity index (χ0v) is 11.8. The van der Waals surface area contributed by atoms with Gasteiger partial charge in [0.15, 0.2) is 0 Å². The van der Waals surface area contributed by atoms with E-state index in [0.717, 1.165) is 10.8 Å². The average molecular weight is 297 g/mol. The highest BCUT2D eigenvalue weighted by Gasteiger charge is 2.48. The van der Waals surface area contributed by atoms with Gasteiger partial charge < -0.3 is 15.2 Å². The third kappa shape index (κ3) is 2.09. The highest BCUT2D eigenvalue weighted by Crippen LogP contribution is 2.30. The number of hydrogen-bond donors (Lipinski definition) is 1. The van der Waals surface area contributed by atoms with Crippen molar-refractivity contribution in [3.63, 3.8) is 0 Å². The lowest BCUT2D eigenvalue weighted by molar-refractivity contribution is -0.305. The van der Waals surface area contributed by atoms with E-state index in [1.165, 1.54) is 0 Å². The van der Waals surface area contributed by atoms with Gasteiger partial charge in [-0.15, -0.1) is 0 Å². The maximum Gasteiger partial charge on any atom is 0.325 e. The van der Waals surface area contributed by atoms with Crippen LogP contribution in [0.15, 0.2) is 42.5 Å². The fourth-order valence-corrected chi connectivity index (χ4v) is 2.67. The standard InChI is InChI=1S/C16H14N2O4/c1-16(14(21)18(9-13(19)20)15(22)17-16)12-7-6-10-4-2-3-5-11(10)8-12/h2-8H,9H2,1H3,(H,17,22)(H,19,20)/p-1/t16-/m1/s1. The van der Waals surface area contributed by atoms with Gasteiger partial charge in [-0.1, -0.05) is 36.4 Å². The van der Waals surface area contributed by atoms with Crippen LogP contribution in [0.3, 0.4) is 0 Å². The molecule has 0 saturated carbocycles. The van der Waals surface area contributed by atoms with Crippen LogP contribution in [0.1, 0.15) is 12.5 Å². The number of nitrogens with one attached hydrogen (secondary N) is 1. The summed E-state index contributed by atoms with van der Waals surface area (Å²) >= 11 is 0. The first-order valence-electron chi connectivity index (χ1n) is 6.75. The summed E-state index contributed by atoms with van der Waals surface area (Å²) in [4.78, 5) is 35.7. The van der Waals surface area contributed by atoms with Gasteiger partial charge >= 0.3 is 6.03 Å². The summed E-state index contributed by atoms with van der Waals surface area (Å²) in [6, 6.07) is 12.3. The minimum absolute atomic E-state index is 0.600. The molecule has 6 nitrogen and oxygen atoms in total. The van der Waals surface area contributed by atoms with E-state index >= 15 is 0 Å². The second kappa shape index (κ2) is 4.84. The third-order valence-corrected chi connectivity index (χ3v) is 3.89. The minimum atomic E-state index is -1.48. The van der Waals surface area contributed by atoms with Crippen molar-refractivity contribution in [2.75, 3.05) is 6.54 Å². The number of urea groups is 1. The molecule has 2 aromatic carbocycles. The van der Waals surface area contributed by atoms with E-state index in [0.29, 0.717) is 10.5 Å². The van der Waals surface area contributed by atoms with Crippen LogP contribution in [0.2, 0.25) is 0 Å². The molecule has 0 aliphatic carbocycles. The molecule has 0 spiro atoms. The molecule has 1 heterocycles. The molecule has 0 radical (unpaired) electrons. The number of fused-ring (bicyclic) bond motifs is 1. The number of carboxylic acid groups (broad SMARTS) is 1. The Morgan fingerprint density at radius 2 is 1.86 bits per heavy atom. The van der Waals surface area contributed by atoms with E-state index in [-0.39, 0.29) is 0 Å². The SMILES string of the molecule is C[C@]1(c2ccc3ccccc3c2)NC(=O)N(CC(=O)[O-])C1=O. The first-order chi connectivity index (χ1) is 10.4. The predicted molar refractivity (Wildman–Crippen MR) is 76.6 cm³/mol. The van der Waals surface area contributed by atoms with Crippen molar-refractivity contribution in [2.45, 2.75) is 12.5 Å². The van der Waals surface area contributed by atoms with Crippen molar-refractivity contribution >= 4 is 28.7 Å². The second-order valence-corrected chi connectivity index (χ2v) is 5.38. The second-order valence-electron chi connectivity index (χ2n) is 5.38. The molecule has 1 aliphatic rings. The van der Waals surface area contributed by atoms with Crippen molar-refractivity contribution in [2.24, 2.45) is 0 Å². The van der Waals surface area contributed by atoms with Crippen LogP contribution in [-0.2, 0) is 15.1 Å². The van der Waals surface area contributed by atoms with Crippen LogP contribution in [0.4, 0.5) is 4.79 Å². The van der Waals surface area contributed by atoms with Crippen molar-refractivity contribution in [3.05, 3.63) is 48.0 Å². The number of carbonyl (C=O) groups is 3. The summed E-state index contributed by atoms with van der Waals surface area (Å²) in [6.45, 7) is 0.806. The molecule has 22 heavy (non-hydrogen) atoms. The molecule has 1 saturated heterocycles. The molecular formula is C16H13N2O4-. The minimum Gasteiger partial charge on any atom is -0.548 e. The van der Waals surface area contributed by atoms with E-state index in [2.05, 4.69) is 5.32 Å². The Bertz CT molecular complexity index is 802. The maximum absolute atomic E-state index is 12.5. The van der Waals surface area contributed by atoms with Gasteiger partial charge in [0.25, 0.3) is 5.91 Å². The zero-order valence-electron chi connectivity index (χ0n) is 11.8. The number of imide groups is 1. The van der Waals surface area contributed by atoms with Crippen LogP contribution < -0.4 is 10.4 Å². The smallest absolute Gasteiger partial charge is 0.325 e. The van der Waals surface area contributed by atoms with Crippen molar-refractivity contribution in [3.8, 4) is 0 Å². The maximum atomic E-state index is 12.5. The van der Waals surface area contributed by atoms with Gasteiger partial charge in [-0.25, -0.2) is 4.79 Å². The van der Waals surface area contributed by atoms with E-state index in [4.69, 9.17) is 0 Å². The molecule has 0 unspecified atom stereocenters. The van der Waals surface area contributed by atoms with Gasteiger partial charge in [0.2, 0.25) is 0 Å².